The van der Waals surface area contributed by atoms with E-state index in [0.29, 0.717) is 23.1 Å². The van der Waals surface area contributed by atoms with E-state index in [-0.39, 0.29) is 11.7 Å². The Balaban J connectivity index is 1.53. The van der Waals surface area contributed by atoms with Crippen LogP contribution in [-0.2, 0) is 0 Å². The number of nitrogens with two attached hydrogens (primary N) is 1. The summed E-state index contributed by atoms with van der Waals surface area (Å²) in [6.45, 7) is 3.80. The van der Waals surface area contributed by atoms with E-state index >= 15 is 0 Å². The molecule has 2 aromatic carbocycles. The molecule has 6 heteroatoms. The van der Waals surface area contributed by atoms with Crippen molar-refractivity contribution in [3.63, 3.8) is 0 Å². The van der Waals surface area contributed by atoms with Crippen molar-refractivity contribution in [2.75, 3.05) is 13.1 Å². The van der Waals surface area contributed by atoms with Gasteiger partial charge in [0.25, 0.3) is 5.88 Å². The van der Waals surface area contributed by atoms with Crippen LogP contribution in [0.2, 0.25) is 0 Å². The van der Waals surface area contributed by atoms with Gasteiger partial charge in [0.05, 0.1) is 5.69 Å². The van der Waals surface area contributed by atoms with Gasteiger partial charge in [-0.15, -0.1) is 0 Å². The Morgan fingerprint density at radius 1 is 1.14 bits per heavy atom. The van der Waals surface area contributed by atoms with Crippen molar-refractivity contribution in [3.8, 4) is 11.1 Å². The molecule has 2 heterocycles. The summed E-state index contributed by atoms with van der Waals surface area (Å²) in [6, 6.07) is 16.6. The first-order valence-corrected chi connectivity index (χ1v) is 9.52. The van der Waals surface area contributed by atoms with Crippen molar-refractivity contribution in [1.29, 1.82) is 0 Å². The van der Waals surface area contributed by atoms with Crippen LogP contribution in [-0.4, -0.2) is 29.1 Å². The first-order valence-electron chi connectivity index (χ1n) is 9.52. The number of aromatic nitrogens is 1. The minimum Gasteiger partial charge on any atom is -0.369 e. The molecule has 1 atom stereocenters. The summed E-state index contributed by atoms with van der Waals surface area (Å²) in [6.07, 6.45) is 2.25. The third kappa shape index (κ3) is 3.76. The van der Waals surface area contributed by atoms with Gasteiger partial charge in [0, 0.05) is 30.6 Å². The minimum atomic E-state index is -0.254. The van der Waals surface area contributed by atoms with Crippen LogP contribution < -0.4 is 5.73 Å². The molecule has 0 amide bonds. The molecule has 3 aromatic rings. The fourth-order valence-electron chi connectivity index (χ4n) is 3.49. The van der Waals surface area contributed by atoms with Crippen LogP contribution >= 0.6 is 0 Å². The smallest absolute Gasteiger partial charge is 0.253 e. The lowest BCUT2D eigenvalue weighted by atomic mass is 9.95. The van der Waals surface area contributed by atoms with Gasteiger partial charge >= 0.3 is 0 Å². The minimum absolute atomic E-state index is 0.125. The van der Waals surface area contributed by atoms with Crippen LogP contribution in [0, 0.1) is 5.82 Å². The Labute approximate surface area is 163 Å². The van der Waals surface area contributed by atoms with Gasteiger partial charge in [0.1, 0.15) is 5.82 Å². The molecule has 0 radical (unpaired) electrons. The quantitative estimate of drug-likeness (QED) is 0.529. The molecule has 1 fully saturated rings. The van der Waals surface area contributed by atoms with E-state index in [1.165, 1.54) is 0 Å². The Hall–Kier alpha value is -3.15. The molecule has 144 valence electrons. The molecule has 1 saturated heterocycles. The highest BCUT2D eigenvalue weighted by molar-refractivity contribution is 5.80. The fourth-order valence-corrected chi connectivity index (χ4v) is 3.49. The van der Waals surface area contributed by atoms with E-state index in [9.17, 15) is 4.39 Å². The molecule has 0 bridgehead atoms. The van der Waals surface area contributed by atoms with E-state index in [2.05, 4.69) is 10.1 Å². The maximum atomic E-state index is 14.7. The molecule has 0 aliphatic carbocycles. The second-order valence-corrected chi connectivity index (χ2v) is 7.08. The molecular weight excluding hydrogens is 355 g/mol. The van der Waals surface area contributed by atoms with E-state index in [0.717, 1.165) is 37.1 Å². The third-order valence-electron chi connectivity index (χ3n) is 5.19. The van der Waals surface area contributed by atoms with Gasteiger partial charge in [-0.25, -0.2) is 4.39 Å². The van der Waals surface area contributed by atoms with Gasteiger partial charge < -0.3 is 15.2 Å². The molecule has 28 heavy (non-hydrogen) atoms. The number of nitrogens with zero attached hydrogens (tertiary/aromatic N) is 3. The number of hydrogen-bond acceptors (Lipinski definition) is 3. The Morgan fingerprint density at radius 2 is 1.89 bits per heavy atom. The van der Waals surface area contributed by atoms with Gasteiger partial charge in [0.15, 0.2) is 5.96 Å². The maximum absolute atomic E-state index is 14.7. The summed E-state index contributed by atoms with van der Waals surface area (Å²) < 4.78 is 20.0. The number of aliphatic imine (C=N–C) groups is 1. The molecule has 0 spiro atoms. The lowest BCUT2D eigenvalue weighted by molar-refractivity contribution is 0.417. The van der Waals surface area contributed by atoms with Gasteiger partial charge in [0.2, 0.25) is 0 Å². The van der Waals surface area contributed by atoms with E-state index in [1.54, 1.807) is 18.2 Å². The average Bonchev–Trinajstić information content (AvgIpc) is 3.40. The van der Waals surface area contributed by atoms with Crippen molar-refractivity contribution in [3.05, 3.63) is 71.7 Å². The van der Waals surface area contributed by atoms with Crippen molar-refractivity contribution in [2.24, 2.45) is 10.7 Å². The second-order valence-electron chi connectivity index (χ2n) is 7.08. The number of rotatable bonds is 4. The molecule has 5 nitrogen and oxygen atoms in total. The van der Waals surface area contributed by atoms with Gasteiger partial charge in [-0.3, -0.25) is 0 Å². The predicted octanol–water partition coefficient (Wildman–Crippen LogP) is 4.67. The highest BCUT2D eigenvalue weighted by Gasteiger charge is 2.18. The molecule has 2 N–H and O–H groups in total. The van der Waals surface area contributed by atoms with Crippen LogP contribution in [0.5, 0.6) is 0 Å². The molecule has 0 saturated carbocycles. The van der Waals surface area contributed by atoms with Crippen molar-refractivity contribution in [1.82, 2.24) is 10.1 Å². The molecular formula is C22H23FN4O. The van der Waals surface area contributed by atoms with Crippen LogP contribution in [0.1, 0.15) is 36.9 Å². The largest absolute Gasteiger partial charge is 0.369 e. The first kappa shape index (κ1) is 18.2. The Bertz CT molecular complexity index is 977. The number of guanidine groups is 1. The lowest BCUT2D eigenvalue weighted by Crippen LogP contribution is -2.34. The number of halogens is 1. The van der Waals surface area contributed by atoms with Crippen LogP contribution in [0.25, 0.3) is 11.1 Å². The summed E-state index contributed by atoms with van der Waals surface area (Å²) in [5.74, 6) is 0.439. The average molecular weight is 378 g/mol. The summed E-state index contributed by atoms with van der Waals surface area (Å²) in [7, 11) is 0. The maximum Gasteiger partial charge on any atom is 0.253 e. The Morgan fingerprint density at radius 3 is 2.61 bits per heavy atom. The standard InChI is InChI=1S/C22H23FN4O/c1-15(17-9-10-18(19(23)13-17)16-7-3-2-4-8-16)20-14-21(28-26-20)25-22(24)27-11-5-6-12-27/h2-4,7-10,13-15H,5-6,11-12H2,1H3,(H2,24,25). The van der Waals surface area contributed by atoms with E-state index in [1.807, 2.05) is 48.2 Å². The zero-order chi connectivity index (χ0) is 19.5. The van der Waals surface area contributed by atoms with Crippen molar-refractivity contribution >= 4 is 11.8 Å². The van der Waals surface area contributed by atoms with Crippen LogP contribution in [0.15, 0.2) is 64.1 Å². The zero-order valence-corrected chi connectivity index (χ0v) is 15.8. The van der Waals surface area contributed by atoms with Crippen molar-refractivity contribution in [2.45, 2.75) is 25.7 Å². The first-order chi connectivity index (χ1) is 13.6. The SMILES string of the molecule is CC(c1ccc(-c2ccccc2)c(F)c1)c1cc(N=C(N)N2CCCC2)on1. The summed E-state index contributed by atoms with van der Waals surface area (Å²) in [4.78, 5) is 6.36. The van der Waals surface area contributed by atoms with Gasteiger partial charge in [-0.2, -0.15) is 4.99 Å². The van der Waals surface area contributed by atoms with Gasteiger partial charge in [-0.05, 0) is 30.0 Å². The molecule has 1 unspecified atom stereocenters. The second kappa shape index (κ2) is 7.84. The molecule has 1 aliphatic rings. The topological polar surface area (TPSA) is 67.7 Å². The van der Waals surface area contributed by atoms with Crippen molar-refractivity contribution < 1.29 is 8.91 Å². The predicted molar refractivity (Wildman–Crippen MR) is 108 cm³/mol. The monoisotopic (exact) mass is 378 g/mol. The van der Waals surface area contributed by atoms with Gasteiger partial charge in [-0.1, -0.05) is 54.5 Å². The van der Waals surface area contributed by atoms with E-state index in [4.69, 9.17) is 10.3 Å². The highest BCUT2D eigenvalue weighted by Crippen LogP contribution is 2.30. The summed E-state index contributed by atoms with van der Waals surface area (Å²) >= 11 is 0. The summed E-state index contributed by atoms with van der Waals surface area (Å²) in [5.41, 5.74) is 9.00. The highest BCUT2D eigenvalue weighted by atomic mass is 19.1. The molecule has 1 aromatic heterocycles. The number of likely N-dealkylation sites (tertiary alicyclic amines) is 1. The number of hydrogen-bond donors (Lipinski definition) is 1. The number of benzene rings is 2. The summed E-state index contributed by atoms with van der Waals surface area (Å²) in [5, 5.41) is 4.10. The third-order valence-corrected chi connectivity index (χ3v) is 5.19. The Kier molecular flexibility index (Phi) is 5.10. The normalized spacial score (nSPS) is 15.8. The zero-order valence-electron chi connectivity index (χ0n) is 15.8. The van der Waals surface area contributed by atoms with Crippen LogP contribution in [0.3, 0.4) is 0 Å². The fraction of sp³-hybridized carbons (Fsp3) is 0.273. The molecule has 4 rings (SSSR count). The molecule has 1 aliphatic heterocycles. The van der Waals surface area contributed by atoms with E-state index < -0.39 is 0 Å². The lowest BCUT2D eigenvalue weighted by Gasteiger charge is -2.14. The van der Waals surface area contributed by atoms with Crippen LogP contribution in [0.4, 0.5) is 10.3 Å².